The smallest absolute Gasteiger partial charge is 0.240 e. The maximum absolute atomic E-state index is 5.93. The molecule has 18 heavy (non-hydrogen) atoms. The summed E-state index contributed by atoms with van der Waals surface area (Å²) in [6.07, 6.45) is 6.32. The molecule has 1 aliphatic carbocycles. The summed E-state index contributed by atoms with van der Waals surface area (Å²) in [5.74, 6) is 6.26. The number of nitrogens with zero attached hydrogens (tertiary/aromatic N) is 2. The van der Waals surface area contributed by atoms with Crippen LogP contribution in [0.15, 0.2) is 6.20 Å². The molecular weight excluding hydrogens is 232 g/mol. The number of methoxy groups -OCH3 is 1. The maximum Gasteiger partial charge on any atom is 0.240 e. The van der Waals surface area contributed by atoms with Gasteiger partial charge in [-0.15, -0.1) is 0 Å². The second-order valence-corrected chi connectivity index (χ2v) is 4.59. The number of nitrogens with one attached hydrogen (secondary N) is 1. The molecule has 2 rings (SSSR count). The number of hydrazine groups is 1. The Balaban J connectivity index is 2.04. The van der Waals surface area contributed by atoms with Crippen LogP contribution in [-0.4, -0.2) is 29.3 Å². The number of anilines is 1. The van der Waals surface area contributed by atoms with Gasteiger partial charge >= 0.3 is 0 Å². The Bertz CT molecular complexity index is 400. The number of hydrogen-bond acceptors (Lipinski definition) is 6. The highest BCUT2D eigenvalue weighted by Crippen LogP contribution is 2.26. The molecule has 1 heterocycles. The van der Waals surface area contributed by atoms with E-state index in [1.54, 1.807) is 13.3 Å². The summed E-state index contributed by atoms with van der Waals surface area (Å²) in [7, 11) is 1.75. The van der Waals surface area contributed by atoms with Gasteiger partial charge in [-0.1, -0.05) is 0 Å². The van der Waals surface area contributed by atoms with Gasteiger partial charge in [0.1, 0.15) is 6.10 Å². The first kappa shape index (κ1) is 13.0. The van der Waals surface area contributed by atoms with E-state index in [0.29, 0.717) is 11.8 Å². The van der Waals surface area contributed by atoms with Crippen molar-refractivity contribution in [3.05, 3.63) is 11.8 Å². The van der Waals surface area contributed by atoms with Crippen LogP contribution in [0.1, 0.15) is 31.2 Å². The zero-order valence-electron chi connectivity index (χ0n) is 10.8. The molecule has 0 amide bonds. The van der Waals surface area contributed by atoms with Gasteiger partial charge in [0.2, 0.25) is 11.8 Å². The van der Waals surface area contributed by atoms with Crippen molar-refractivity contribution in [1.82, 2.24) is 9.97 Å². The van der Waals surface area contributed by atoms with Crippen molar-refractivity contribution >= 4 is 5.95 Å². The Morgan fingerprint density at radius 2 is 2.17 bits per heavy atom. The van der Waals surface area contributed by atoms with E-state index < -0.39 is 0 Å². The lowest BCUT2D eigenvalue weighted by Gasteiger charge is -2.28. The largest absolute Gasteiger partial charge is 0.474 e. The van der Waals surface area contributed by atoms with Crippen LogP contribution in [0, 0.1) is 6.92 Å². The number of nitrogens with two attached hydrogens (primary N) is 1. The minimum Gasteiger partial charge on any atom is -0.474 e. The average molecular weight is 252 g/mol. The van der Waals surface area contributed by atoms with Gasteiger partial charge in [-0.3, -0.25) is 5.43 Å². The van der Waals surface area contributed by atoms with E-state index in [4.69, 9.17) is 15.3 Å². The van der Waals surface area contributed by atoms with E-state index in [-0.39, 0.29) is 12.2 Å². The number of nitrogen functional groups attached to an aromatic ring is 1. The predicted molar refractivity (Wildman–Crippen MR) is 68.3 cm³/mol. The van der Waals surface area contributed by atoms with Gasteiger partial charge in [0.15, 0.2) is 0 Å². The molecule has 1 fully saturated rings. The summed E-state index contributed by atoms with van der Waals surface area (Å²) in [6, 6.07) is 0. The highest BCUT2D eigenvalue weighted by molar-refractivity contribution is 5.31. The van der Waals surface area contributed by atoms with E-state index in [2.05, 4.69) is 15.4 Å². The maximum atomic E-state index is 5.93. The lowest BCUT2D eigenvalue weighted by molar-refractivity contribution is 0.0193. The van der Waals surface area contributed by atoms with Crippen LogP contribution >= 0.6 is 0 Å². The topological polar surface area (TPSA) is 82.3 Å². The van der Waals surface area contributed by atoms with Crippen molar-refractivity contribution in [3.63, 3.8) is 0 Å². The molecule has 0 spiro atoms. The zero-order chi connectivity index (χ0) is 13.0. The van der Waals surface area contributed by atoms with Gasteiger partial charge in [-0.2, -0.15) is 4.98 Å². The molecule has 100 valence electrons. The summed E-state index contributed by atoms with van der Waals surface area (Å²) in [5, 5.41) is 0. The molecule has 3 N–H and O–H groups in total. The summed E-state index contributed by atoms with van der Waals surface area (Å²) in [4.78, 5) is 8.26. The molecule has 0 saturated heterocycles. The first-order valence-electron chi connectivity index (χ1n) is 6.22. The quantitative estimate of drug-likeness (QED) is 0.622. The predicted octanol–water partition coefficient (Wildman–Crippen LogP) is 1.41. The summed E-state index contributed by atoms with van der Waals surface area (Å²) < 4.78 is 11.3. The van der Waals surface area contributed by atoms with Crippen molar-refractivity contribution in [2.24, 2.45) is 5.84 Å². The normalized spacial score (nSPS) is 23.7. The van der Waals surface area contributed by atoms with Crippen LogP contribution < -0.4 is 16.0 Å². The average Bonchev–Trinajstić information content (AvgIpc) is 2.41. The van der Waals surface area contributed by atoms with Crippen LogP contribution in [0.3, 0.4) is 0 Å². The molecule has 6 heteroatoms. The van der Waals surface area contributed by atoms with E-state index in [9.17, 15) is 0 Å². The summed E-state index contributed by atoms with van der Waals surface area (Å²) in [6.45, 7) is 1.92. The Morgan fingerprint density at radius 1 is 1.39 bits per heavy atom. The minimum atomic E-state index is 0.155. The molecule has 0 bridgehead atoms. The summed E-state index contributed by atoms with van der Waals surface area (Å²) in [5.41, 5.74) is 3.34. The third-order valence-corrected chi connectivity index (χ3v) is 3.24. The van der Waals surface area contributed by atoms with E-state index in [0.717, 1.165) is 31.2 Å². The lowest BCUT2D eigenvalue weighted by Crippen LogP contribution is -2.30. The van der Waals surface area contributed by atoms with Crippen LogP contribution in [-0.2, 0) is 4.74 Å². The second kappa shape index (κ2) is 5.97. The van der Waals surface area contributed by atoms with Gasteiger partial charge in [-0.05, 0) is 26.2 Å². The van der Waals surface area contributed by atoms with Gasteiger partial charge in [-0.25, -0.2) is 10.8 Å². The van der Waals surface area contributed by atoms with E-state index in [1.165, 1.54) is 0 Å². The Labute approximate surface area is 107 Å². The lowest BCUT2D eigenvalue weighted by atomic mass is 9.95. The molecule has 0 aromatic carbocycles. The minimum absolute atomic E-state index is 0.155. The second-order valence-electron chi connectivity index (χ2n) is 4.59. The van der Waals surface area contributed by atoms with Crippen LogP contribution in [0.4, 0.5) is 5.95 Å². The molecule has 0 aliphatic heterocycles. The number of aromatic nitrogens is 2. The number of ether oxygens (including phenoxy) is 2. The molecule has 0 radical (unpaired) electrons. The Hall–Kier alpha value is -1.40. The highest BCUT2D eigenvalue weighted by atomic mass is 16.5. The Morgan fingerprint density at radius 3 is 2.89 bits per heavy atom. The third-order valence-electron chi connectivity index (χ3n) is 3.24. The fourth-order valence-corrected chi connectivity index (χ4v) is 2.20. The molecule has 1 aliphatic rings. The number of rotatable bonds is 4. The molecule has 1 saturated carbocycles. The van der Waals surface area contributed by atoms with Crippen LogP contribution in [0.25, 0.3) is 0 Å². The number of hydrogen-bond donors (Lipinski definition) is 2. The fraction of sp³-hybridized carbons (Fsp3) is 0.667. The molecule has 1 aromatic rings. The van der Waals surface area contributed by atoms with Gasteiger partial charge < -0.3 is 9.47 Å². The molecule has 1 aromatic heterocycles. The van der Waals surface area contributed by atoms with Crippen molar-refractivity contribution in [3.8, 4) is 5.88 Å². The van der Waals surface area contributed by atoms with E-state index >= 15 is 0 Å². The van der Waals surface area contributed by atoms with Gasteiger partial charge in [0.25, 0.3) is 0 Å². The van der Waals surface area contributed by atoms with Gasteiger partial charge in [0, 0.05) is 25.3 Å². The number of aryl methyl sites for hydroxylation is 1. The fourth-order valence-electron chi connectivity index (χ4n) is 2.20. The first-order chi connectivity index (χ1) is 8.72. The Kier molecular flexibility index (Phi) is 4.33. The standard InChI is InChI=1S/C12H20N4O2/c1-8-7-14-12(16-13)15-11(8)18-10-5-3-4-9(6-10)17-2/h7,9-10H,3-6,13H2,1-2H3,(H,14,15,16). The summed E-state index contributed by atoms with van der Waals surface area (Å²) >= 11 is 0. The van der Waals surface area contributed by atoms with Crippen molar-refractivity contribution in [1.29, 1.82) is 0 Å². The van der Waals surface area contributed by atoms with Crippen LogP contribution in [0.5, 0.6) is 5.88 Å². The SMILES string of the molecule is COC1CCCC(Oc2nc(NN)ncc2C)C1. The molecular formula is C12H20N4O2. The zero-order valence-corrected chi connectivity index (χ0v) is 10.8. The van der Waals surface area contributed by atoms with Crippen molar-refractivity contribution in [2.75, 3.05) is 12.5 Å². The molecule has 2 atom stereocenters. The van der Waals surface area contributed by atoms with Crippen LogP contribution in [0.2, 0.25) is 0 Å². The van der Waals surface area contributed by atoms with E-state index in [1.807, 2.05) is 6.92 Å². The van der Waals surface area contributed by atoms with Gasteiger partial charge in [0.05, 0.1) is 6.10 Å². The molecule has 6 nitrogen and oxygen atoms in total. The van der Waals surface area contributed by atoms with Crippen molar-refractivity contribution < 1.29 is 9.47 Å². The third kappa shape index (κ3) is 3.08. The van der Waals surface area contributed by atoms with Crippen molar-refractivity contribution in [2.45, 2.75) is 44.8 Å². The monoisotopic (exact) mass is 252 g/mol. The highest BCUT2D eigenvalue weighted by Gasteiger charge is 2.24. The first-order valence-corrected chi connectivity index (χ1v) is 6.22. The molecule has 2 unspecified atom stereocenters.